The molecule has 206 valence electrons. The SMILES string of the molecule is C=CC[n+]1c(N)cc(N)nc1SCC1=C(C(=O)O)N2C(=O)C(NC(=O)/C(=N\OCC)c3nsc(N)n3)[C@H]2SC1. The molecular weight excluding hydrogens is 568 g/mol. The van der Waals surface area contributed by atoms with Crippen LogP contribution in [0.3, 0.4) is 0 Å². The predicted molar refractivity (Wildman–Crippen MR) is 146 cm³/mol. The molecule has 2 aliphatic rings. The Labute approximate surface area is 234 Å². The first kappa shape index (κ1) is 28.1. The molecular formula is C21H25N10O5S3+. The van der Waals surface area contributed by atoms with Crippen molar-refractivity contribution in [2.24, 2.45) is 5.16 Å². The van der Waals surface area contributed by atoms with Crippen LogP contribution in [0.5, 0.6) is 0 Å². The largest absolute Gasteiger partial charge is 0.477 e. The van der Waals surface area contributed by atoms with E-state index < -0.39 is 29.2 Å². The fourth-order valence-corrected chi connectivity index (χ4v) is 6.72. The fraction of sp³-hybridized carbons (Fsp3) is 0.333. The number of amides is 2. The number of anilines is 3. The lowest BCUT2D eigenvalue weighted by atomic mass is 10.0. The number of nitrogens with one attached hydrogen (secondary N) is 1. The van der Waals surface area contributed by atoms with Crippen LogP contribution < -0.4 is 27.1 Å². The van der Waals surface area contributed by atoms with Gasteiger partial charge < -0.3 is 32.5 Å². The van der Waals surface area contributed by atoms with Gasteiger partial charge in [0.05, 0.1) is 12.6 Å². The quantitative estimate of drug-likeness (QED) is 0.0418. The summed E-state index contributed by atoms with van der Waals surface area (Å²) in [4.78, 5) is 52.7. The lowest BCUT2D eigenvalue weighted by Gasteiger charge is -2.49. The molecule has 1 fully saturated rings. The minimum Gasteiger partial charge on any atom is -0.477 e. The first-order valence-electron chi connectivity index (χ1n) is 11.4. The smallest absolute Gasteiger partial charge is 0.352 e. The first-order valence-corrected chi connectivity index (χ1v) is 14.2. The van der Waals surface area contributed by atoms with Crippen LogP contribution in [0.15, 0.2) is 40.3 Å². The molecule has 2 atom stereocenters. The summed E-state index contributed by atoms with van der Waals surface area (Å²) >= 11 is 3.44. The van der Waals surface area contributed by atoms with E-state index in [9.17, 15) is 19.5 Å². The van der Waals surface area contributed by atoms with Crippen LogP contribution >= 0.6 is 35.1 Å². The minimum atomic E-state index is -1.26. The van der Waals surface area contributed by atoms with Gasteiger partial charge in [0.2, 0.25) is 23.2 Å². The van der Waals surface area contributed by atoms with E-state index in [0.717, 1.165) is 11.5 Å². The zero-order valence-corrected chi connectivity index (χ0v) is 23.0. The van der Waals surface area contributed by atoms with Crippen molar-refractivity contribution in [3.8, 4) is 0 Å². The molecule has 0 spiro atoms. The highest BCUT2D eigenvalue weighted by Gasteiger charge is 2.54. The zero-order valence-electron chi connectivity index (χ0n) is 20.6. The third-order valence-electron chi connectivity index (χ3n) is 5.44. The van der Waals surface area contributed by atoms with Gasteiger partial charge in [-0.05, 0) is 24.3 Å². The molecule has 15 nitrogen and oxygen atoms in total. The van der Waals surface area contributed by atoms with Crippen LogP contribution in [-0.2, 0) is 25.8 Å². The Kier molecular flexibility index (Phi) is 8.56. The summed E-state index contributed by atoms with van der Waals surface area (Å²) in [6.07, 6.45) is 1.65. The molecule has 2 aromatic heterocycles. The van der Waals surface area contributed by atoms with Gasteiger partial charge in [-0.15, -0.1) is 11.8 Å². The summed E-state index contributed by atoms with van der Waals surface area (Å²) in [5, 5.41) is 16.3. The average molecular weight is 594 g/mol. The maximum Gasteiger partial charge on any atom is 0.352 e. The molecule has 39 heavy (non-hydrogen) atoms. The van der Waals surface area contributed by atoms with Crippen molar-refractivity contribution < 1.29 is 28.9 Å². The molecule has 4 rings (SSSR count). The molecule has 4 heterocycles. The Morgan fingerprint density at radius 2 is 2.18 bits per heavy atom. The van der Waals surface area contributed by atoms with Gasteiger partial charge >= 0.3 is 11.1 Å². The number of carboxylic acid groups (broad SMARTS) is 1. The second-order valence-corrected chi connectivity index (χ2v) is 10.8. The van der Waals surface area contributed by atoms with Crippen LogP contribution in [0.2, 0.25) is 0 Å². The zero-order chi connectivity index (χ0) is 28.3. The molecule has 8 N–H and O–H groups in total. The highest BCUT2D eigenvalue weighted by molar-refractivity contribution is 8.01. The van der Waals surface area contributed by atoms with Crippen LogP contribution in [0.1, 0.15) is 12.7 Å². The Morgan fingerprint density at radius 1 is 1.41 bits per heavy atom. The van der Waals surface area contributed by atoms with Gasteiger partial charge in [-0.25, -0.2) is 9.36 Å². The van der Waals surface area contributed by atoms with Crippen molar-refractivity contribution in [1.29, 1.82) is 0 Å². The van der Waals surface area contributed by atoms with E-state index in [1.54, 1.807) is 17.6 Å². The van der Waals surface area contributed by atoms with E-state index in [4.69, 9.17) is 22.0 Å². The number of nitrogen functional groups attached to an aromatic ring is 3. The Morgan fingerprint density at radius 3 is 2.82 bits per heavy atom. The number of hydrogen-bond donors (Lipinski definition) is 5. The first-order chi connectivity index (χ1) is 18.7. The van der Waals surface area contributed by atoms with Gasteiger partial charge in [0.15, 0.2) is 5.13 Å². The highest BCUT2D eigenvalue weighted by Crippen LogP contribution is 2.41. The fourth-order valence-electron chi connectivity index (χ4n) is 3.77. The molecule has 0 bridgehead atoms. The molecule has 2 amide bonds. The number of carbonyl (C=O) groups is 3. The molecule has 0 aromatic carbocycles. The van der Waals surface area contributed by atoms with Crippen LogP contribution in [-0.4, -0.2) is 77.4 Å². The number of nitrogens with zero attached hydrogens (tertiary/aromatic N) is 6. The Hall–Kier alpha value is -3.90. The average Bonchev–Trinajstić information content (AvgIpc) is 3.32. The number of nitrogens with two attached hydrogens (primary N) is 3. The highest BCUT2D eigenvalue weighted by atomic mass is 32.2. The summed E-state index contributed by atoms with van der Waals surface area (Å²) in [7, 11) is 0. The number of rotatable bonds is 11. The van der Waals surface area contributed by atoms with Gasteiger partial charge in [-0.3, -0.25) is 14.5 Å². The van der Waals surface area contributed by atoms with E-state index >= 15 is 0 Å². The maximum absolute atomic E-state index is 13.1. The third-order valence-corrected chi connectivity index (χ3v) is 8.39. The van der Waals surface area contributed by atoms with Crippen molar-refractivity contribution in [3.05, 3.63) is 35.8 Å². The monoisotopic (exact) mass is 593 g/mol. The number of aromatic nitrogens is 4. The van der Waals surface area contributed by atoms with E-state index in [1.165, 1.54) is 34.5 Å². The maximum atomic E-state index is 13.1. The summed E-state index contributed by atoms with van der Waals surface area (Å²) < 4.78 is 5.67. The number of β-lactam (4-membered cyclic amide) rings is 1. The van der Waals surface area contributed by atoms with Crippen LogP contribution in [0.25, 0.3) is 0 Å². The lowest BCUT2D eigenvalue weighted by molar-refractivity contribution is -0.713. The van der Waals surface area contributed by atoms with E-state index in [-0.39, 0.29) is 40.5 Å². The van der Waals surface area contributed by atoms with Gasteiger partial charge in [0, 0.05) is 23.0 Å². The molecule has 2 aromatic rings. The van der Waals surface area contributed by atoms with E-state index in [1.807, 2.05) is 0 Å². The molecule has 2 aliphatic heterocycles. The standard InChI is InChI=1S/C21H24N10O5S3/c1-3-5-30-11(23)6-10(22)25-21(30)38-8-9-7-37-18-13(17(33)31(18)14(9)19(34)35)26-16(32)12(28-36-4-2)15-27-20(24)39-29-15/h3,6,13,18H,1,4-5,7-8H2,2H3,(H7,22,23,24,26,27,29,32,34,35)/p+1/b28-12-/t13?,18-/m1/s1. The van der Waals surface area contributed by atoms with Gasteiger partial charge in [-0.1, -0.05) is 22.8 Å². The van der Waals surface area contributed by atoms with Gasteiger partial charge in [-0.2, -0.15) is 9.36 Å². The van der Waals surface area contributed by atoms with Crippen molar-refractivity contribution in [2.45, 2.75) is 30.0 Å². The van der Waals surface area contributed by atoms with Crippen LogP contribution in [0, 0.1) is 0 Å². The normalized spacial score (nSPS) is 18.8. The van der Waals surface area contributed by atoms with Crippen LogP contribution in [0.4, 0.5) is 16.8 Å². The molecule has 1 unspecified atom stereocenters. The second kappa shape index (κ2) is 11.9. The Bertz CT molecular complexity index is 1390. The number of hydrogen-bond acceptors (Lipinski definition) is 14. The number of carbonyl (C=O) groups excluding carboxylic acids is 2. The number of carboxylic acids is 1. The van der Waals surface area contributed by atoms with Crippen molar-refractivity contribution in [2.75, 3.05) is 35.3 Å². The molecule has 0 radical (unpaired) electrons. The summed E-state index contributed by atoms with van der Waals surface area (Å²) in [5.74, 6) is -1.49. The van der Waals surface area contributed by atoms with E-state index in [0.29, 0.717) is 28.8 Å². The number of thioether (sulfide) groups is 2. The Balaban J connectivity index is 1.52. The van der Waals surface area contributed by atoms with Crippen molar-refractivity contribution in [3.63, 3.8) is 0 Å². The van der Waals surface area contributed by atoms with E-state index in [2.05, 4.69) is 31.4 Å². The number of aliphatic carboxylic acids is 1. The molecule has 18 heteroatoms. The van der Waals surface area contributed by atoms with Gasteiger partial charge in [0.1, 0.15) is 23.7 Å². The number of allylic oxidation sites excluding steroid dienone is 1. The molecule has 0 saturated carbocycles. The minimum absolute atomic E-state index is 0.0432. The van der Waals surface area contributed by atoms with Crippen molar-refractivity contribution in [1.82, 2.24) is 24.6 Å². The van der Waals surface area contributed by atoms with Crippen molar-refractivity contribution >= 4 is 75.3 Å². The lowest BCUT2D eigenvalue weighted by Crippen LogP contribution is -2.71. The van der Waals surface area contributed by atoms with Gasteiger partial charge in [0.25, 0.3) is 11.8 Å². The predicted octanol–water partition coefficient (Wildman–Crippen LogP) is -0.575. The third kappa shape index (κ3) is 5.76. The topological polar surface area (TPSA) is 229 Å². The summed E-state index contributed by atoms with van der Waals surface area (Å²) in [6.45, 7) is 5.96. The molecule has 1 saturated heterocycles. The number of oxime groups is 1. The summed E-state index contributed by atoms with van der Waals surface area (Å²) in [6, 6.07) is 0.534. The second-order valence-electron chi connectivity index (χ2n) is 8.01. The number of fused-ring (bicyclic) bond motifs is 1. The molecule has 0 aliphatic carbocycles. The summed E-state index contributed by atoms with van der Waals surface area (Å²) in [5.41, 5.74) is 17.7.